The number of benzene rings is 1. The Morgan fingerprint density at radius 1 is 1.18 bits per heavy atom. The molecular formula is C20H17N3O4S. The summed E-state index contributed by atoms with van der Waals surface area (Å²) in [4.78, 5) is 34.9. The van der Waals surface area contributed by atoms with Gasteiger partial charge < -0.3 is 10.2 Å². The van der Waals surface area contributed by atoms with Crippen LogP contribution in [0.2, 0.25) is 0 Å². The van der Waals surface area contributed by atoms with E-state index < -0.39 is 0 Å². The third kappa shape index (κ3) is 4.01. The number of carbonyl (C=O) groups is 3. The van der Waals surface area contributed by atoms with E-state index in [1.807, 2.05) is 47.6 Å². The normalized spacial score (nSPS) is 19.8. The maximum absolute atomic E-state index is 11.8. The molecule has 0 atom stereocenters. The Kier molecular flexibility index (Phi) is 5.03. The maximum Gasteiger partial charge on any atom is 0.290 e. The van der Waals surface area contributed by atoms with Gasteiger partial charge in [-0.25, -0.2) is 0 Å². The summed E-state index contributed by atoms with van der Waals surface area (Å²) in [7, 11) is 0. The van der Waals surface area contributed by atoms with E-state index >= 15 is 0 Å². The first-order chi connectivity index (χ1) is 13.6. The van der Waals surface area contributed by atoms with Crippen molar-refractivity contribution in [2.24, 2.45) is 0 Å². The van der Waals surface area contributed by atoms with Gasteiger partial charge in [0.1, 0.15) is 12.4 Å². The second-order valence-electron chi connectivity index (χ2n) is 6.26. The standard InChI is InChI=1S/C20H17N3O4S/c24-17-3-1-2-14-12-23(21-11-16(14)17)8-9-27-15-6-4-13(5-7-15)10-18-19(25)22-20(26)28-18/h1-2,4-7,10-12,21H,3,8-9H2,(H,22,25,26). The Hall–Kier alpha value is -3.26. The van der Waals surface area contributed by atoms with Gasteiger partial charge in [0.25, 0.3) is 11.1 Å². The Morgan fingerprint density at radius 3 is 2.75 bits per heavy atom. The summed E-state index contributed by atoms with van der Waals surface area (Å²) >= 11 is 0.892. The van der Waals surface area contributed by atoms with Gasteiger partial charge in [-0.05, 0) is 35.5 Å². The molecule has 0 bridgehead atoms. The molecule has 2 amide bonds. The topological polar surface area (TPSA) is 87.7 Å². The molecule has 2 aliphatic heterocycles. The van der Waals surface area contributed by atoms with Crippen molar-refractivity contribution in [3.8, 4) is 5.75 Å². The van der Waals surface area contributed by atoms with Crippen molar-refractivity contribution in [3.63, 3.8) is 0 Å². The number of Topliss-reactive ketones (excluding diaryl/α,β-unsaturated/α-hetero) is 1. The summed E-state index contributed by atoms with van der Waals surface area (Å²) in [6, 6.07) is 7.28. The molecule has 1 aromatic carbocycles. The lowest BCUT2D eigenvalue weighted by Gasteiger charge is -2.27. The van der Waals surface area contributed by atoms with Crippen LogP contribution in [0.15, 0.2) is 64.9 Å². The molecule has 0 saturated carbocycles. The maximum atomic E-state index is 11.8. The number of ketones is 1. The number of carbonyl (C=O) groups excluding carboxylic acids is 3. The lowest BCUT2D eigenvalue weighted by Crippen LogP contribution is -2.37. The molecule has 0 aromatic heterocycles. The summed E-state index contributed by atoms with van der Waals surface area (Å²) in [5, 5.41) is 3.74. The molecule has 1 saturated heterocycles. The molecular weight excluding hydrogens is 378 g/mol. The predicted octanol–water partition coefficient (Wildman–Crippen LogP) is 2.51. The molecule has 8 heteroatoms. The van der Waals surface area contributed by atoms with Gasteiger partial charge >= 0.3 is 0 Å². The van der Waals surface area contributed by atoms with Crippen LogP contribution >= 0.6 is 11.8 Å². The van der Waals surface area contributed by atoms with E-state index in [2.05, 4.69) is 10.7 Å². The zero-order valence-corrected chi connectivity index (χ0v) is 15.6. The molecule has 2 N–H and O–H groups in total. The first kappa shape index (κ1) is 18.1. The summed E-state index contributed by atoms with van der Waals surface area (Å²) in [6.07, 6.45) is 9.55. The molecule has 142 valence electrons. The monoisotopic (exact) mass is 395 g/mol. The highest BCUT2D eigenvalue weighted by atomic mass is 32.2. The largest absolute Gasteiger partial charge is 0.492 e. The second kappa shape index (κ2) is 7.77. The average molecular weight is 395 g/mol. The smallest absolute Gasteiger partial charge is 0.290 e. The van der Waals surface area contributed by atoms with Crippen LogP contribution in [0.1, 0.15) is 12.0 Å². The van der Waals surface area contributed by atoms with E-state index in [-0.39, 0.29) is 16.9 Å². The summed E-state index contributed by atoms with van der Waals surface area (Å²) < 4.78 is 5.75. The van der Waals surface area contributed by atoms with Crippen molar-refractivity contribution < 1.29 is 19.1 Å². The first-order valence-electron chi connectivity index (χ1n) is 8.71. The fourth-order valence-electron chi connectivity index (χ4n) is 2.91. The van der Waals surface area contributed by atoms with Crippen LogP contribution in [-0.2, 0) is 9.59 Å². The molecule has 4 rings (SSSR count). The number of allylic oxidation sites excluding steroid dienone is 4. The minimum atomic E-state index is -0.370. The van der Waals surface area contributed by atoms with Crippen molar-refractivity contribution in [1.82, 2.24) is 15.8 Å². The van der Waals surface area contributed by atoms with E-state index in [0.717, 1.165) is 22.9 Å². The summed E-state index contributed by atoms with van der Waals surface area (Å²) in [5.74, 6) is 0.450. The third-order valence-corrected chi connectivity index (χ3v) is 5.11. The molecule has 7 nitrogen and oxygen atoms in total. The van der Waals surface area contributed by atoms with Crippen LogP contribution < -0.4 is 15.5 Å². The number of rotatable bonds is 5. The van der Waals surface area contributed by atoms with Crippen molar-refractivity contribution in [3.05, 3.63) is 70.4 Å². The minimum Gasteiger partial charge on any atom is -0.492 e. The first-order valence-corrected chi connectivity index (χ1v) is 9.53. The predicted molar refractivity (Wildman–Crippen MR) is 106 cm³/mol. The molecule has 2 heterocycles. The molecule has 0 unspecified atom stereocenters. The van der Waals surface area contributed by atoms with Crippen LogP contribution in [-0.4, -0.2) is 35.1 Å². The number of hydrogen-bond donors (Lipinski definition) is 2. The lowest BCUT2D eigenvalue weighted by atomic mass is 9.95. The number of nitrogens with zero attached hydrogens (tertiary/aromatic N) is 1. The molecule has 0 spiro atoms. The number of ether oxygens (including phenoxy) is 1. The average Bonchev–Trinajstić information content (AvgIpc) is 3.00. The fourth-order valence-corrected chi connectivity index (χ4v) is 3.59. The SMILES string of the molecule is O=C1NC(=O)C(=Cc2ccc(OCCN3C=C4C=CCC(=O)C4=CN3)cc2)S1. The second-order valence-corrected chi connectivity index (χ2v) is 7.28. The highest BCUT2D eigenvalue weighted by Gasteiger charge is 2.24. The van der Waals surface area contributed by atoms with Crippen LogP contribution in [0, 0.1) is 0 Å². The number of amides is 2. The zero-order chi connectivity index (χ0) is 19.5. The van der Waals surface area contributed by atoms with Crippen molar-refractivity contribution in [1.29, 1.82) is 0 Å². The van der Waals surface area contributed by atoms with E-state index in [1.165, 1.54) is 0 Å². The zero-order valence-electron chi connectivity index (χ0n) is 14.8. The molecule has 0 radical (unpaired) electrons. The van der Waals surface area contributed by atoms with Gasteiger partial charge in [0.05, 0.1) is 11.4 Å². The van der Waals surface area contributed by atoms with Gasteiger partial charge in [-0.1, -0.05) is 24.3 Å². The van der Waals surface area contributed by atoms with Gasteiger partial charge in [-0.3, -0.25) is 24.7 Å². The molecule has 28 heavy (non-hydrogen) atoms. The van der Waals surface area contributed by atoms with E-state index in [0.29, 0.717) is 35.8 Å². The van der Waals surface area contributed by atoms with Gasteiger partial charge in [0, 0.05) is 30.0 Å². The van der Waals surface area contributed by atoms with Crippen LogP contribution in [0.3, 0.4) is 0 Å². The molecule has 3 aliphatic rings. The Balaban J connectivity index is 1.30. The van der Waals surface area contributed by atoms with Crippen LogP contribution in [0.4, 0.5) is 4.79 Å². The van der Waals surface area contributed by atoms with Crippen molar-refractivity contribution in [2.75, 3.05) is 13.2 Å². The van der Waals surface area contributed by atoms with Gasteiger partial charge in [0.2, 0.25) is 0 Å². The van der Waals surface area contributed by atoms with Crippen molar-refractivity contribution in [2.45, 2.75) is 6.42 Å². The highest BCUT2D eigenvalue weighted by Crippen LogP contribution is 2.26. The minimum absolute atomic E-state index is 0.116. The van der Waals surface area contributed by atoms with Crippen molar-refractivity contribution >= 4 is 34.8 Å². The Labute approximate surface area is 165 Å². The van der Waals surface area contributed by atoms with Gasteiger partial charge in [-0.2, -0.15) is 0 Å². The number of fused-ring (bicyclic) bond motifs is 1. The molecule has 1 aliphatic carbocycles. The van der Waals surface area contributed by atoms with Crippen LogP contribution in [0.5, 0.6) is 5.75 Å². The molecule has 1 aromatic rings. The number of hydrogen-bond acceptors (Lipinski definition) is 7. The Morgan fingerprint density at radius 2 is 2.00 bits per heavy atom. The summed E-state index contributed by atoms with van der Waals surface area (Å²) in [5.41, 5.74) is 5.50. The quantitative estimate of drug-likeness (QED) is 0.741. The number of imide groups is 1. The van der Waals surface area contributed by atoms with E-state index in [4.69, 9.17) is 4.74 Å². The number of nitrogens with one attached hydrogen (secondary N) is 2. The molecule has 1 fully saturated rings. The Bertz CT molecular complexity index is 960. The number of thioether (sulfide) groups is 1. The van der Waals surface area contributed by atoms with E-state index in [1.54, 1.807) is 12.3 Å². The van der Waals surface area contributed by atoms with Gasteiger partial charge in [0.15, 0.2) is 5.78 Å². The highest BCUT2D eigenvalue weighted by molar-refractivity contribution is 8.18. The summed E-state index contributed by atoms with van der Waals surface area (Å²) in [6.45, 7) is 1.05. The third-order valence-electron chi connectivity index (χ3n) is 4.30. The van der Waals surface area contributed by atoms with E-state index in [9.17, 15) is 14.4 Å². The van der Waals surface area contributed by atoms with Gasteiger partial charge in [-0.15, -0.1) is 0 Å². The lowest BCUT2D eigenvalue weighted by molar-refractivity contribution is -0.115. The van der Waals surface area contributed by atoms with Crippen LogP contribution in [0.25, 0.3) is 6.08 Å². The fraction of sp³-hybridized carbons (Fsp3) is 0.150. The number of hydrazine groups is 1.